The molecule has 5 nitrogen and oxygen atoms in total. The molecular formula is C21H32FN3O2Si. The van der Waals surface area contributed by atoms with E-state index < -0.39 is 8.07 Å². The lowest BCUT2D eigenvalue weighted by molar-refractivity contribution is 0.0809. The van der Waals surface area contributed by atoms with Crippen molar-refractivity contribution in [3.63, 3.8) is 0 Å². The van der Waals surface area contributed by atoms with Gasteiger partial charge in [0.1, 0.15) is 23.8 Å². The van der Waals surface area contributed by atoms with Crippen LogP contribution in [-0.4, -0.2) is 55.6 Å². The molecule has 0 spiro atoms. The molecule has 0 bridgehead atoms. The van der Waals surface area contributed by atoms with Crippen LogP contribution in [0.25, 0.3) is 10.9 Å². The van der Waals surface area contributed by atoms with Gasteiger partial charge >= 0.3 is 0 Å². The molecule has 2 aromatic rings. The minimum Gasteiger partial charge on any atom is -0.496 e. The van der Waals surface area contributed by atoms with Crippen molar-refractivity contribution in [2.45, 2.75) is 57.7 Å². The van der Waals surface area contributed by atoms with Gasteiger partial charge in [-0.3, -0.25) is 4.90 Å². The third-order valence-electron chi connectivity index (χ3n) is 6.09. The van der Waals surface area contributed by atoms with Crippen molar-refractivity contribution < 1.29 is 13.9 Å². The Morgan fingerprint density at radius 1 is 1.29 bits per heavy atom. The number of benzene rings is 1. The van der Waals surface area contributed by atoms with Crippen molar-refractivity contribution in [1.82, 2.24) is 14.7 Å². The van der Waals surface area contributed by atoms with Crippen LogP contribution in [0.5, 0.6) is 5.75 Å². The molecule has 0 radical (unpaired) electrons. The van der Waals surface area contributed by atoms with Gasteiger partial charge in [-0.2, -0.15) is 5.10 Å². The number of halogens is 1. The van der Waals surface area contributed by atoms with Gasteiger partial charge in [0.25, 0.3) is 0 Å². The van der Waals surface area contributed by atoms with Crippen molar-refractivity contribution in [3.05, 3.63) is 23.6 Å². The Kier molecular flexibility index (Phi) is 5.50. The largest absolute Gasteiger partial charge is 0.496 e. The standard InChI is InChI=1S/C21H32FN3O2Si/c1-26-19-6-5-16(22)21-20(19)17(8-10-24-9-7-15-13-18(15)24)23-25(21)14-27-11-12-28(2,3)4/h5-6,15,18H,7-14H2,1-4H3. The van der Waals surface area contributed by atoms with Gasteiger partial charge < -0.3 is 9.47 Å². The monoisotopic (exact) mass is 405 g/mol. The van der Waals surface area contributed by atoms with Crippen molar-refractivity contribution in [3.8, 4) is 5.75 Å². The highest BCUT2D eigenvalue weighted by molar-refractivity contribution is 6.76. The van der Waals surface area contributed by atoms with Gasteiger partial charge in [0, 0.05) is 33.7 Å². The summed E-state index contributed by atoms with van der Waals surface area (Å²) in [4.78, 5) is 2.56. The van der Waals surface area contributed by atoms with Crippen LogP contribution in [0.15, 0.2) is 12.1 Å². The van der Waals surface area contributed by atoms with Gasteiger partial charge in [-0.25, -0.2) is 9.07 Å². The summed E-state index contributed by atoms with van der Waals surface area (Å²) in [5.41, 5.74) is 1.40. The van der Waals surface area contributed by atoms with E-state index in [0.29, 0.717) is 17.9 Å². The SMILES string of the molecule is COc1ccc(F)c2c1c(CCN1CCC3CC31)nn2COCC[Si](C)(C)C. The Balaban J connectivity index is 1.54. The summed E-state index contributed by atoms with van der Waals surface area (Å²) >= 11 is 0. The third kappa shape index (κ3) is 4.11. The van der Waals surface area contributed by atoms with Crippen molar-refractivity contribution in [1.29, 1.82) is 0 Å². The topological polar surface area (TPSA) is 39.5 Å². The molecule has 1 aromatic heterocycles. The number of nitrogens with zero attached hydrogens (tertiary/aromatic N) is 3. The molecule has 2 heterocycles. The summed E-state index contributed by atoms with van der Waals surface area (Å²) in [5, 5.41) is 5.54. The molecule has 1 saturated heterocycles. The van der Waals surface area contributed by atoms with Gasteiger partial charge in [0.2, 0.25) is 0 Å². The molecule has 1 saturated carbocycles. The number of hydrogen-bond acceptors (Lipinski definition) is 4. The van der Waals surface area contributed by atoms with Gasteiger partial charge in [-0.05, 0) is 43.5 Å². The van der Waals surface area contributed by atoms with E-state index in [-0.39, 0.29) is 12.5 Å². The van der Waals surface area contributed by atoms with E-state index in [4.69, 9.17) is 14.6 Å². The zero-order valence-electron chi connectivity index (χ0n) is 17.5. The Morgan fingerprint density at radius 3 is 2.75 bits per heavy atom. The fourth-order valence-electron chi connectivity index (χ4n) is 4.31. The Morgan fingerprint density at radius 2 is 2.11 bits per heavy atom. The summed E-state index contributed by atoms with van der Waals surface area (Å²) in [6.07, 6.45) is 3.47. The highest BCUT2D eigenvalue weighted by Gasteiger charge is 2.46. The molecule has 1 aromatic carbocycles. The normalized spacial score (nSPS) is 22.0. The van der Waals surface area contributed by atoms with Gasteiger partial charge in [0.05, 0.1) is 18.2 Å². The predicted molar refractivity (Wildman–Crippen MR) is 112 cm³/mol. The fourth-order valence-corrected chi connectivity index (χ4v) is 5.06. The molecule has 0 amide bonds. The first-order valence-corrected chi connectivity index (χ1v) is 14.1. The maximum Gasteiger partial charge on any atom is 0.149 e. The molecule has 4 rings (SSSR count). The van der Waals surface area contributed by atoms with E-state index in [0.717, 1.165) is 42.0 Å². The predicted octanol–water partition coefficient (Wildman–Crippen LogP) is 4.13. The van der Waals surface area contributed by atoms with Crippen molar-refractivity contribution >= 4 is 19.0 Å². The molecule has 154 valence electrons. The summed E-state index contributed by atoms with van der Waals surface area (Å²) in [6.45, 7) is 10.1. The Hall–Kier alpha value is -1.44. The number of piperidine rings is 1. The van der Waals surface area contributed by atoms with E-state index in [1.54, 1.807) is 17.9 Å². The molecule has 7 heteroatoms. The number of fused-ring (bicyclic) bond motifs is 2. The average molecular weight is 406 g/mol. The molecule has 2 atom stereocenters. The first kappa shape index (κ1) is 19.9. The quantitative estimate of drug-likeness (QED) is 0.464. The maximum absolute atomic E-state index is 14.7. The van der Waals surface area contributed by atoms with Crippen LogP contribution in [-0.2, 0) is 17.9 Å². The number of ether oxygens (including phenoxy) is 2. The summed E-state index contributed by atoms with van der Waals surface area (Å²) < 4.78 is 27.8. The van der Waals surface area contributed by atoms with Crippen molar-refractivity contribution in [2.24, 2.45) is 5.92 Å². The van der Waals surface area contributed by atoms with Crippen LogP contribution in [0.4, 0.5) is 4.39 Å². The number of likely N-dealkylation sites (tertiary alicyclic amines) is 1. The highest BCUT2D eigenvalue weighted by Crippen LogP contribution is 2.44. The average Bonchev–Trinajstić information content (AvgIpc) is 3.16. The van der Waals surface area contributed by atoms with E-state index >= 15 is 0 Å². The van der Waals surface area contributed by atoms with E-state index in [2.05, 4.69) is 24.5 Å². The molecule has 0 N–H and O–H groups in total. The number of methoxy groups -OCH3 is 1. The molecule has 2 aliphatic rings. The van der Waals surface area contributed by atoms with Crippen LogP contribution in [0, 0.1) is 11.7 Å². The second kappa shape index (κ2) is 7.76. The minimum atomic E-state index is -1.15. The van der Waals surface area contributed by atoms with E-state index in [1.807, 2.05) is 0 Å². The van der Waals surface area contributed by atoms with Crippen LogP contribution in [0.2, 0.25) is 25.7 Å². The second-order valence-corrected chi connectivity index (χ2v) is 15.0. The molecule has 1 aliphatic carbocycles. The van der Waals surface area contributed by atoms with E-state index in [9.17, 15) is 4.39 Å². The van der Waals surface area contributed by atoms with Crippen LogP contribution in [0.1, 0.15) is 18.5 Å². The zero-order valence-corrected chi connectivity index (χ0v) is 18.5. The summed E-state index contributed by atoms with van der Waals surface area (Å²) in [5.74, 6) is 1.33. The first-order valence-electron chi connectivity index (χ1n) is 10.4. The van der Waals surface area contributed by atoms with Crippen molar-refractivity contribution in [2.75, 3.05) is 26.8 Å². The number of aromatic nitrogens is 2. The molecule has 28 heavy (non-hydrogen) atoms. The Labute approximate surface area is 167 Å². The smallest absolute Gasteiger partial charge is 0.149 e. The lowest BCUT2D eigenvalue weighted by Gasteiger charge is -2.16. The van der Waals surface area contributed by atoms with Gasteiger partial charge in [-0.15, -0.1) is 0 Å². The number of rotatable bonds is 9. The summed E-state index contributed by atoms with van der Waals surface area (Å²) in [7, 11) is 0.478. The number of hydrogen-bond donors (Lipinski definition) is 0. The molecular weight excluding hydrogens is 373 g/mol. The lowest BCUT2D eigenvalue weighted by atomic mass is 10.1. The van der Waals surface area contributed by atoms with Gasteiger partial charge in [0.15, 0.2) is 0 Å². The highest BCUT2D eigenvalue weighted by atomic mass is 28.3. The Bertz CT molecular complexity index is 848. The first-order chi connectivity index (χ1) is 13.4. The van der Waals surface area contributed by atoms with Crippen LogP contribution >= 0.6 is 0 Å². The molecule has 1 aliphatic heterocycles. The molecule has 2 unspecified atom stereocenters. The fraction of sp³-hybridized carbons (Fsp3) is 0.667. The second-order valence-electron chi connectivity index (χ2n) is 9.41. The lowest BCUT2D eigenvalue weighted by Crippen LogP contribution is -2.25. The summed E-state index contributed by atoms with van der Waals surface area (Å²) in [6, 6.07) is 5.02. The molecule has 2 fully saturated rings. The van der Waals surface area contributed by atoms with E-state index in [1.165, 1.54) is 25.5 Å². The van der Waals surface area contributed by atoms with Crippen LogP contribution in [0.3, 0.4) is 0 Å². The third-order valence-corrected chi connectivity index (χ3v) is 7.79. The zero-order chi connectivity index (χ0) is 19.9. The maximum atomic E-state index is 14.7. The van der Waals surface area contributed by atoms with Crippen LogP contribution < -0.4 is 4.74 Å². The van der Waals surface area contributed by atoms with Gasteiger partial charge in [-0.1, -0.05) is 19.6 Å². The minimum absolute atomic E-state index is 0.272.